The second-order valence-corrected chi connectivity index (χ2v) is 10.7. The van der Waals surface area contributed by atoms with Crippen molar-refractivity contribution in [2.45, 2.75) is 26.3 Å². The lowest BCUT2D eigenvalue weighted by Gasteiger charge is -2.23. The summed E-state index contributed by atoms with van der Waals surface area (Å²) in [4.78, 5) is 27.6. The summed E-state index contributed by atoms with van der Waals surface area (Å²) < 4.78 is 26.2. The summed E-state index contributed by atoms with van der Waals surface area (Å²) in [6.45, 7) is 3.52. The van der Waals surface area contributed by atoms with Gasteiger partial charge >= 0.3 is 0 Å². The Bertz CT molecular complexity index is 1330. The quantitative estimate of drug-likeness (QED) is 0.529. The van der Waals surface area contributed by atoms with Crippen LogP contribution in [0.2, 0.25) is 0 Å². The molecule has 3 aromatic rings. The number of benzene rings is 3. The van der Waals surface area contributed by atoms with Crippen LogP contribution in [0.25, 0.3) is 0 Å². The minimum atomic E-state index is -3.50. The largest absolute Gasteiger partial charge is 0.339 e. The number of amides is 2. The SMILES string of the molecule is Cc1cccc(N(Cc2ccc(C(=O)Nc3ccccc3C(=O)N3CCCC3)cc2)S(C)(=O)=O)c1. The second-order valence-electron chi connectivity index (χ2n) is 8.80. The first-order chi connectivity index (χ1) is 16.7. The van der Waals surface area contributed by atoms with Crippen LogP contribution in [0.15, 0.2) is 72.8 Å². The summed E-state index contributed by atoms with van der Waals surface area (Å²) in [5.74, 6) is -0.414. The van der Waals surface area contributed by atoms with Gasteiger partial charge in [0.25, 0.3) is 11.8 Å². The molecule has 182 valence electrons. The fourth-order valence-electron chi connectivity index (χ4n) is 4.17. The van der Waals surface area contributed by atoms with Gasteiger partial charge in [-0.05, 0) is 67.3 Å². The van der Waals surface area contributed by atoms with Crippen molar-refractivity contribution in [3.05, 3.63) is 95.1 Å². The molecule has 4 rings (SSSR count). The fourth-order valence-corrected chi connectivity index (χ4v) is 5.05. The lowest BCUT2D eigenvalue weighted by molar-refractivity contribution is 0.0794. The van der Waals surface area contributed by atoms with Gasteiger partial charge in [0.05, 0.1) is 29.7 Å². The van der Waals surface area contributed by atoms with E-state index >= 15 is 0 Å². The molecule has 0 aromatic heterocycles. The lowest BCUT2D eigenvalue weighted by atomic mass is 10.1. The number of aryl methyl sites for hydroxylation is 1. The molecule has 2 amide bonds. The Morgan fingerprint density at radius 2 is 1.63 bits per heavy atom. The molecule has 7 nitrogen and oxygen atoms in total. The predicted molar refractivity (Wildman–Crippen MR) is 138 cm³/mol. The van der Waals surface area contributed by atoms with Crippen LogP contribution in [0, 0.1) is 6.92 Å². The van der Waals surface area contributed by atoms with Gasteiger partial charge in [-0.15, -0.1) is 0 Å². The van der Waals surface area contributed by atoms with E-state index in [-0.39, 0.29) is 18.4 Å². The van der Waals surface area contributed by atoms with Gasteiger partial charge in [-0.2, -0.15) is 0 Å². The Morgan fingerprint density at radius 1 is 0.943 bits per heavy atom. The van der Waals surface area contributed by atoms with Crippen LogP contribution < -0.4 is 9.62 Å². The summed E-state index contributed by atoms with van der Waals surface area (Å²) >= 11 is 0. The summed E-state index contributed by atoms with van der Waals surface area (Å²) in [6, 6.07) is 21.1. The van der Waals surface area contributed by atoms with E-state index < -0.39 is 10.0 Å². The first-order valence-electron chi connectivity index (χ1n) is 11.6. The highest BCUT2D eigenvalue weighted by Crippen LogP contribution is 2.23. The Morgan fingerprint density at radius 3 is 2.29 bits per heavy atom. The van der Waals surface area contributed by atoms with Crippen LogP contribution in [0.1, 0.15) is 44.7 Å². The molecule has 0 radical (unpaired) electrons. The molecular weight excluding hydrogens is 462 g/mol. The average Bonchev–Trinajstić information content (AvgIpc) is 3.37. The monoisotopic (exact) mass is 491 g/mol. The number of nitrogens with zero attached hydrogens (tertiary/aromatic N) is 2. The van der Waals surface area contributed by atoms with E-state index in [1.54, 1.807) is 54.6 Å². The summed E-state index contributed by atoms with van der Waals surface area (Å²) in [6.07, 6.45) is 3.17. The topological polar surface area (TPSA) is 86.8 Å². The number of anilines is 2. The Labute approximate surface area is 206 Å². The number of hydrogen-bond donors (Lipinski definition) is 1. The Kier molecular flexibility index (Phi) is 7.21. The molecule has 0 saturated carbocycles. The van der Waals surface area contributed by atoms with Crippen LogP contribution in [0.4, 0.5) is 11.4 Å². The van der Waals surface area contributed by atoms with E-state index in [1.165, 1.54) is 10.6 Å². The first kappa shape index (κ1) is 24.5. The van der Waals surface area contributed by atoms with Gasteiger partial charge in [-0.3, -0.25) is 13.9 Å². The van der Waals surface area contributed by atoms with E-state index in [9.17, 15) is 18.0 Å². The van der Waals surface area contributed by atoms with Crippen molar-refractivity contribution in [2.24, 2.45) is 0 Å². The van der Waals surface area contributed by atoms with Crippen LogP contribution in [-0.2, 0) is 16.6 Å². The highest BCUT2D eigenvalue weighted by Gasteiger charge is 2.23. The number of nitrogens with one attached hydrogen (secondary N) is 1. The van der Waals surface area contributed by atoms with Crippen molar-refractivity contribution in [1.29, 1.82) is 0 Å². The highest BCUT2D eigenvalue weighted by atomic mass is 32.2. The maximum absolute atomic E-state index is 12.9. The van der Waals surface area contributed by atoms with Gasteiger partial charge in [0.1, 0.15) is 0 Å². The smallest absolute Gasteiger partial charge is 0.255 e. The van der Waals surface area contributed by atoms with Gasteiger partial charge in [-0.25, -0.2) is 8.42 Å². The van der Waals surface area contributed by atoms with Crippen molar-refractivity contribution in [1.82, 2.24) is 4.90 Å². The Hall–Kier alpha value is -3.65. The second kappa shape index (κ2) is 10.3. The molecule has 1 N–H and O–H groups in total. The van der Waals surface area contributed by atoms with Crippen LogP contribution in [-0.4, -0.2) is 44.5 Å². The number of likely N-dealkylation sites (tertiary alicyclic amines) is 1. The molecule has 0 aliphatic carbocycles. The molecule has 0 bridgehead atoms. The van der Waals surface area contributed by atoms with Gasteiger partial charge < -0.3 is 10.2 Å². The van der Waals surface area contributed by atoms with Crippen LogP contribution in [0.5, 0.6) is 0 Å². The molecule has 1 saturated heterocycles. The number of carbonyl (C=O) groups is 2. The van der Waals surface area contributed by atoms with Crippen LogP contribution in [0.3, 0.4) is 0 Å². The summed E-state index contributed by atoms with van der Waals surface area (Å²) in [7, 11) is -3.50. The molecule has 1 fully saturated rings. The van der Waals surface area contributed by atoms with E-state index in [0.29, 0.717) is 22.5 Å². The molecule has 1 aliphatic rings. The first-order valence-corrected chi connectivity index (χ1v) is 13.4. The minimum Gasteiger partial charge on any atom is -0.339 e. The van der Waals surface area contributed by atoms with Gasteiger partial charge in [-0.1, -0.05) is 36.4 Å². The number of hydrogen-bond acceptors (Lipinski definition) is 4. The molecule has 3 aromatic carbocycles. The summed E-state index contributed by atoms with van der Waals surface area (Å²) in [5, 5.41) is 2.86. The van der Waals surface area contributed by atoms with Crippen molar-refractivity contribution in [3.8, 4) is 0 Å². The highest BCUT2D eigenvalue weighted by molar-refractivity contribution is 7.92. The maximum Gasteiger partial charge on any atom is 0.255 e. The molecule has 0 spiro atoms. The summed E-state index contributed by atoms with van der Waals surface area (Å²) in [5.41, 5.74) is 3.67. The van der Waals surface area contributed by atoms with Crippen molar-refractivity contribution < 1.29 is 18.0 Å². The number of rotatable bonds is 7. The third-order valence-electron chi connectivity index (χ3n) is 6.03. The number of sulfonamides is 1. The fraction of sp³-hybridized carbons (Fsp3) is 0.259. The normalized spacial score (nSPS) is 13.5. The van der Waals surface area contributed by atoms with Crippen molar-refractivity contribution in [2.75, 3.05) is 29.0 Å². The van der Waals surface area contributed by atoms with E-state index in [4.69, 9.17) is 0 Å². The zero-order valence-corrected chi connectivity index (χ0v) is 20.7. The molecule has 1 heterocycles. The van der Waals surface area contributed by atoms with E-state index in [0.717, 1.165) is 37.1 Å². The molecule has 0 unspecified atom stereocenters. The van der Waals surface area contributed by atoms with Gasteiger partial charge in [0.2, 0.25) is 10.0 Å². The Balaban J connectivity index is 1.49. The molecule has 8 heteroatoms. The van der Waals surface area contributed by atoms with Crippen molar-refractivity contribution >= 4 is 33.2 Å². The average molecular weight is 492 g/mol. The molecular formula is C27H29N3O4S. The molecule has 35 heavy (non-hydrogen) atoms. The third-order valence-corrected chi connectivity index (χ3v) is 7.17. The van der Waals surface area contributed by atoms with E-state index in [2.05, 4.69) is 5.32 Å². The molecule has 0 atom stereocenters. The maximum atomic E-state index is 12.9. The predicted octanol–water partition coefficient (Wildman–Crippen LogP) is 4.45. The van der Waals surface area contributed by atoms with Gasteiger partial charge in [0, 0.05) is 18.7 Å². The zero-order valence-electron chi connectivity index (χ0n) is 19.9. The lowest BCUT2D eigenvalue weighted by Crippen LogP contribution is -2.29. The van der Waals surface area contributed by atoms with E-state index in [1.807, 2.05) is 30.0 Å². The minimum absolute atomic E-state index is 0.0780. The van der Waals surface area contributed by atoms with Crippen LogP contribution >= 0.6 is 0 Å². The zero-order chi connectivity index (χ0) is 25.0. The van der Waals surface area contributed by atoms with Crippen molar-refractivity contribution in [3.63, 3.8) is 0 Å². The standard InChI is InChI=1S/C27H29N3O4S/c1-20-8-7-9-23(18-20)30(35(2,33)34)19-21-12-14-22(15-13-21)26(31)28-25-11-4-3-10-24(25)27(32)29-16-5-6-17-29/h3-4,7-15,18H,5-6,16-17,19H2,1-2H3,(H,28,31). The number of carbonyl (C=O) groups excluding carboxylic acids is 2. The number of para-hydroxylation sites is 1. The third kappa shape index (κ3) is 5.89. The van der Waals surface area contributed by atoms with Gasteiger partial charge in [0.15, 0.2) is 0 Å². The molecule has 1 aliphatic heterocycles.